The Morgan fingerprint density at radius 2 is 1.96 bits per heavy atom. The lowest BCUT2D eigenvalue weighted by Crippen LogP contribution is -2.28. The van der Waals surface area contributed by atoms with E-state index >= 15 is 0 Å². The number of ether oxygens (including phenoxy) is 2. The van der Waals surface area contributed by atoms with Gasteiger partial charge < -0.3 is 14.8 Å². The molecule has 128 valence electrons. The first-order chi connectivity index (χ1) is 12.3. The van der Waals surface area contributed by atoms with Crippen molar-refractivity contribution in [3.05, 3.63) is 59.7 Å². The number of nitrogens with zero attached hydrogens (tertiary/aromatic N) is 2. The Morgan fingerprint density at radius 3 is 2.72 bits per heavy atom. The number of aromatic nitrogens is 2. The average Bonchev–Trinajstić information content (AvgIpc) is 3.14. The number of carbonyl (C=O) groups excluding carboxylic acids is 1. The lowest BCUT2D eigenvalue weighted by molar-refractivity contribution is -0.123. The molecule has 3 aromatic rings. The normalized spacial score (nSPS) is 10.3. The van der Waals surface area contributed by atoms with Gasteiger partial charge in [0.25, 0.3) is 5.91 Å². The van der Waals surface area contributed by atoms with Crippen LogP contribution in [0.25, 0.3) is 10.7 Å². The Kier molecular flexibility index (Phi) is 5.58. The molecule has 1 amide bonds. The number of carbonyl (C=O) groups is 1. The van der Waals surface area contributed by atoms with E-state index in [1.165, 1.54) is 11.3 Å². The maximum atomic E-state index is 12.0. The molecule has 2 aromatic heterocycles. The number of pyridine rings is 1. The Labute approximate surface area is 149 Å². The van der Waals surface area contributed by atoms with Gasteiger partial charge in [0.15, 0.2) is 18.1 Å². The fourth-order valence-electron chi connectivity index (χ4n) is 2.12. The van der Waals surface area contributed by atoms with Gasteiger partial charge in [-0.3, -0.25) is 9.78 Å². The SMILES string of the molecule is COc1ccccc1OCC(=O)NCc1csc(-c2ccccn2)n1. The Hall–Kier alpha value is -2.93. The van der Waals surface area contributed by atoms with Crippen molar-refractivity contribution in [3.63, 3.8) is 0 Å². The average molecular weight is 355 g/mol. The van der Waals surface area contributed by atoms with Crippen LogP contribution in [0.4, 0.5) is 0 Å². The van der Waals surface area contributed by atoms with Gasteiger partial charge in [0, 0.05) is 11.6 Å². The minimum atomic E-state index is -0.224. The van der Waals surface area contributed by atoms with Crippen LogP contribution in [0.5, 0.6) is 11.5 Å². The molecule has 0 fully saturated rings. The fourth-order valence-corrected chi connectivity index (χ4v) is 2.91. The Bertz CT molecular complexity index is 836. The molecule has 1 aromatic carbocycles. The minimum absolute atomic E-state index is 0.0857. The summed E-state index contributed by atoms with van der Waals surface area (Å²) in [6, 6.07) is 12.9. The van der Waals surface area contributed by atoms with Gasteiger partial charge in [-0.2, -0.15) is 0 Å². The number of benzene rings is 1. The number of thiazole rings is 1. The zero-order valence-corrected chi connectivity index (χ0v) is 14.5. The maximum Gasteiger partial charge on any atom is 0.258 e. The molecule has 7 heteroatoms. The highest BCUT2D eigenvalue weighted by Gasteiger charge is 2.09. The largest absolute Gasteiger partial charge is 0.493 e. The first-order valence-corrected chi connectivity index (χ1v) is 8.52. The van der Waals surface area contributed by atoms with Crippen molar-refractivity contribution in [2.45, 2.75) is 6.54 Å². The molecule has 25 heavy (non-hydrogen) atoms. The van der Waals surface area contributed by atoms with Crippen molar-refractivity contribution in [3.8, 4) is 22.2 Å². The number of amides is 1. The summed E-state index contributed by atoms with van der Waals surface area (Å²) < 4.78 is 10.7. The standard InChI is InChI=1S/C18H17N3O3S/c1-23-15-7-2-3-8-16(15)24-11-17(22)20-10-13-12-25-18(21-13)14-6-4-5-9-19-14/h2-9,12H,10-11H2,1H3,(H,20,22). The molecule has 0 atom stereocenters. The van der Waals surface area contributed by atoms with Crippen LogP contribution >= 0.6 is 11.3 Å². The van der Waals surface area contributed by atoms with Crippen LogP contribution in [0.3, 0.4) is 0 Å². The number of hydrogen-bond donors (Lipinski definition) is 1. The van der Waals surface area contributed by atoms with Gasteiger partial charge in [0.05, 0.1) is 25.0 Å². The summed E-state index contributed by atoms with van der Waals surface area (Å²) in [4.78, 5) is 20.7. The molecule has 0 aliphatic heterocycles. The van der Waals surface area contributed by atoms with E-state index in [9.17, 15) is 4.79 Å². The minimum Gasteiger partial charge on any atom is -0.493 e. The molecule has 2 heterocycles. The van der Waals surface area contributed by atoms with Crippen LogP contribution in [0.2, 0.25) is 0 Å². The van der Waals surface area contributed by atoms with Crippen LogP contribution < -0.4 is 14.8 Å². The molecule has 0 radical (unpaired) electrons. The number of nitrogens with one attached hydrogen (secondary N) is 1. The Morgan fingerprint density at radius 1 is 1.16 bits per heavy atom. The molecule has 6 nitrogen and oxygen atoms in total. The number of hydrogen-bond acceptors (Lipinski definition) is 6. The quantitative estimate of drug-likeness (QED) is 0.705. The first kappa shape index (κ1) is 16.9. The van der Waals surface area contributed by atoms with Crippen LogP contribution in [-0.4, -0.2) is 29.6 Å². The maximum absolute atomic E-state index is 12.0. The number of para-hydroxylation sites is 2. The lowest BCUT2D eigenvalue weighted by Gasteiger charge is -2.10. The smallest absolute Gasteiger partial charge is 0.258 e. The van der Waals surface area contributed by atoms with Crippen LogP contribution in [0.1, 0.15) is 5.69 Å². The molecule has 0 unspecified atom stereocenters. The van der Waals surface area contributed by atoms with E-state index in [-0.39, 0.29) is 12.5 Å². The van der Waals surface area contributed by atoms with E-state index in [0.29, 0.717) is 18.0 Å². The van der Waals surface area contributed by atoms with Crippen molar-refractivity contribution in [2.24, 2.45) is 0 Å². The van der Waals surface area contributed by atoms with Crippen LogP contribution in [-0.2, 0) is 11.3 Å². The van der Waals surface area contributed by atoms with E-state index in [2.05, 4.69) is 15.3 Å². The second-order valence-corrected chi connectivity index (χ2v) is 5.93. The van der Waals surface area contributed by atoms with E-state index in [0.717, 1.165) is 16.4 Å². The van der Waals surface area contributed by atoms with Gasteiger partial charge in [-0.05, 0) is 24.3 Å². The van der Waals surface area contributed by atoms with Gasteiger partial charge in [-0.1, -0.05) is 18.2 Å². The summed E-state index contributed by atoms with van der Waals surface area (Å²) in [7, 11) is 1.56. The second-order valence-electron chi connectivity index (χ2n) is 5.08. The van der Waals surface area contributed by atoms with E-state index < -0.39 is 0 Å². The molecule has 0 spiro atoms. The summed E-state index contributed by atoms with van der Waals surface area (Å²) in [5.41, 5.74) is 1.61. The summed E-state index contributed by atoms with van der Waals surface area (Å²) in [6.45, 7) is 0.259. The first-order valence-electron chi connectivity index (χ1n) is 7.64. The monoisotopic (exact) mass is 355 g/mol. The number of methoxy groups -OCH3 is 1. The van der Waals surface area contributed by atoms with Crippen molar-refractivity contribution >= 4 is 17.2 Å². The van der Waals surface area contributed by atoms with Crippen molar-refractivity contribution < 1.29 is 14.3 Å². The van der Waals surface area contributed by atoms with Gasteiger partial charge in [0.1, 0.15) is 5.01 Å². The summed E-state index contributed by atoms with van der Waals surface area (Å²) in [5.74, 6) is 0.902. The fraction of sp³-hybridized carbons (Fsp3) is 0.167. The zero-order chi connectivity index (χ0) is 17.5. The zero-order valence-electron chi connectivity index (χ0n) is 13.6. The third kappa shape index (κ3) is 4.54. The molecular weight excluding hydrogens is 338 g/mol. The van der Waals surface area contributed by atoms with E-state index in [1.54, 1.807) is 25.4 Å². The van der Waals surface area contributed by atoms with Crippen LogP contribution in [0.15, 0.2) is 54.0 Å². The molecular formula is C18H17N3O3S. The molecule has 3 rings (SSSR count). The number of rotatable bonds is 7. The molecule has 0 aliphatic carbocycles. The molecule has 0 aliphatic rings. The summed E-state index contributed by atoms with van der Waals surface area (Å²) in [6.07, 6.45) is 1.73. The molecule has 1 N–H and O–H groups in total. The topological polar surface area (TPSA) is 73.3 Å². The molecule has 0 saturated carbocycles. The van der Waals surface area contributed by atoms with E-state index in [1.807, 2.05) is 35.7 Å². The van der Waals surface area contributed by atoms with Gasteiger partial charge in [-0.25, -0.2) is 4.98 Å². The summed E-state index contributed by atoms with van der Waals surface area (Å²) >= 11 is 1.50. The molecule has 0 bridgehead atoms. The lowest BCUT2D eigenvalue weighted by atomic mass is 10.3. The van der Waals surface area contributed by atoms with Gasteiger partial charge >= 0.3 is 0 Å². The highest BCUT2D eigenvalue weighted by molar-refractivity contribution is 7.13. The van der Waals surface area contributed by atoms with Crippen LogP contribution in [0, 0.1) is 0 Å². The highest BCUT2D eigenvalue weighted by atomic mass is 32.1. The third-order valence-electron chi connectivity index (χ3n) is 3.33. The predicted molar refractivity (Wildman–Crippen MR) is 95.7 cm³/mol. The summed E-state index contributed by atoms with van der Waals surface area (Å²) in [5, 5.41) is 5.53. The van der Waals surface area contributed by atoms with Gasteiger partial charge in [-0.15, -0.1) is 11.3 Å². The van der Waals surface area contributed by atoms with Crippen molar-refractivity contribution in [1.29, 1.82) is 0 Å². The Balaban J connectivity index is 1.50. The molecule has 0 saturated heterocycles. The van der Waals surface area contributed by atoms with Gasteiger partial charge in [0.2, 0.25) is 0 Å². The highest BCUT2D eigenvalue weighted by Crippen LogP contribution is 2.25. The van der Waals surface area contributed by atoms with Crippen molar-refractivity contribution in [2.75, 3.05) is 13.7 Å². The second kappa shape index (κ2) is 8.25. The van der Waals surface area contributed by atoms with Crippen molar-refractivity contribution in [1.82, 2.24) is 15.3 Å². The third-order valence-corrected chi connectivity index (χ3v) is 4.24. The predicted octanol–water partition coefficient (Wildman–Crippen LogP) is 2.91. The van der Waals surface area contributed by atoms with E-state index in [4.69, 9.17) is 9.47 Å².